The lowest BCUT2D eigenvalue weighted by atomic mass is 10.2. The highest BCUT2D eigenvalue weighted by Crippen LogP contribution is 2.20. The number of benzene rings is 2. The van der Waals surface area contributed by atoms with Gasteiger partial charge in [-0.05, 0) is 37.1 Å². The minimum absolute atomic E-state index is 0.00688. The minimum Gasteiger partial charge on any atom is -0.325 e. The number of hydrogen-bond donors (Lipinski definition) is 1. The zero-order valence-corrected chi connectivity index (χ0v) is 13.7. The minimum atomic E-state index is -0.00688. The van der Waals surface area contributed by atoms with E-state index in [9.17, 15) is 4.79 Å². The Hall–Kier alpha value is -1.45. The number of anilines is 1. The molecule has 0 radical (unpaired) electrons. The number of rotatable bonds is 5. The van der Waals surface area contributed by atoms with Gasteiger partial charge in [-0.25, -0.2) is 0 Å². The second-order valence-electron chi connectivity index (χ2n) is 4.99. The van der Waals surface area contributed by atoms with Gasteiger partial charge >= 0.3 is 0 Å². The Morgan fingerprint density at radius 3 is 2.71 bits per heavy atom. The molecule has 1 N–H and O–H groups in total. The molecule has 2 aromatic rings. The number of hydrogen-bond acceptors (Lipinski definition) is 2. The molecule has 4 heteroatoms. The maximum atomic E-state index is 11.9. The van der Waals surface area contributed by atoms with Gasteiger partial charge in [0.1, 0.15) is 0 Å². The van der Waals surface area contributed by atoms with Gasteiger partial charge in [0, 0.05) is 16.5 Å². The Labute approximate surface area is 134 Å². The summed E-state index contributed by atoms with van der Waals surface area (Å²) in [5, 5.41) is 3.53. The average Bonchev–Trinajstić information content (AvgIpc) is 2.43. The van der Waals surface area contributed by atoms with Crippen molar-refractivity contribution in [2.75, 3.05) is 11.1 Å². The van der Waals surface area contributed by atoms with E-state index in [1.54, 1.807) is 17.8 Å². The maximum Gasteiger partial charge on any atom is 0.234 e. The number of carbonyl (C=O) groups excluding carboxylic acids is 1. The number of thioether (sulfide) groups is 1. The maximum absolute atomic E-state index is 11.9. The fourth-order valence-corrected chi connectivity index (χ4v) is 2.89. The largest absolute Gasteiger partial charge is 0.325 e. The van der Waals surface area contributed by atoms with E-state index in [1.165, 1.54) is 11.1 Å². The number of halogens is 1. The van der Waals surface area contributed by atoms with Gasteiger partial charge in [-0.15, -0.1) is 11.8 Å². The first kappa shape index (κ1) is 15.9. The molecule has 1 amide bonds. The summed E-state index contributed by atoms with van der Waals surface area (Å²) in [6.45, 7) is 4.01. The number of carbonyl (C=O) groups is 1. The standard InChI is InChI=1S/C17H18ClNOS/c1-12-4-3-5-14(8-12)10-21-11-17(20)19-15-7-6-13(2)16(18)9-15/h3-9H,10-11H2,1-2H3,(H,19,20). The lowest BCUT2D eigenvalue weighted by Gasteiger charge is -2.07. The highest BCUT2D eigenvalue weighted by Gasteiger charge is 2.04. The predicted octanol–water partition coefficient (Wildman–Crippen LogP) is 4.83. The molecule has 21 heavy (non-hydrogen) atoms. The highest BCUT2D eigenvalue weighted by molar-refractivity contribution is 7.99. The molecule has 0 saturated carbocycles. The molecule has 0 atom stereocenters. The van der Waals surface area contributed by atoms with Crippen LogP contribution in [0.1, 0.15) is 16.7 Å². The summed E-state index contributed by atoms with van der Waals surface area (Å²) in [6.07, 6.45) is 0. The van der Waals surface area contributed by atoms with Crippen molar-refractivity contribution in [3.8, 4) is 0 Å². The summed E-state index contributed by atoms with van der Waals surface area (Å²) in [6, 6.07) is 13.9. The van der Waals surface area contributed by atoms with Gasteiger partial charge in [0.25, 0.3) is 0 Å². The Morgan fingerprint density at radius 1 is 1.19 bits per heavy atom. The van der Waals surface area contributed by atoms with Crippen LogP contribution in [0.15, 0.2) is 42.5 Å². The van der Waals surface area contributed by atoms with Crippen molar-refractivity contribution in [2.45, 2.75) is 19.6 Å². The van der Waals surface area contributed by atoms with E-state index < -0.39 is 0 Å². The smallest absolute Gasteiger partial charge is 0.234 e. The predicted molar refractivity (Wildman–Crippen MR) is 92.2 cm³/mol. The molecule has 0 aliphatic rings. The molecule has 0 spiro atoms. The molecule has 0 saturated heterocycles. The molecular weight excluding hydrogens is 302 g/mol. The summed E-state index contributed by atoms with van der Waals surface area (Å²) in [7, 11) is 0. The van der Waals surface area contributed by atoms with Crippen molar-refractivity contribution in [1.29, 1.82) is 0 Å². The van der Waals surface area contributed by atoms with Crippen LogP contribution in [0.2, 0.25) is 5.02 Å². The Balaban J connectivity index is 1.81. The van der Waals surface area contributed by atoms with E-state index in [1.807, 2.05) is 25.1 Å². The molecule has 0 bridgehead atoms. The van der Waals surface area contributed by atoms with Gasteiger partial charge < -0.3 is 5.32 Å². The number of nitrogens with one attached hydrogen (secondary N) is 1. The van der Waals surface area contributed by atoms with Crippen LogP contribution in [-0.4, -0.2) is 11.7 Å². The van der Waals surface area contributed by atoms with Crippen molar-refractivity contribution in [3.05, 3.63) is 64.2 Å². The van der Waals surface area contributed by atoms with Crippen LogP contribution < -0.4 is 5.32 Å². The van der Waals surface area contributed by atoms with Crippen LogP contribution >= 0.6 is 23.4 Å². The summed E-state index contributed by atoms with van der Waals surface area (Å²) < 4.78 is 0. The fourth-order valence-electron chi connectivity index (χ4n) is 1.93. The lowest BCUT2D eigenvalue weighted by Crippen LogP contribution is -2.14. The molecule has 0 aliphatic carbocycles. The van der Waals surface area contributed by atoms with E-state index in [-0.39, 0.29) is 5.91 Å². The van der Waals surface area contributed by atoms with E-state index in [0.29, 0.717) is 10.8 Å². The normalized spacial score (nSPS) is 10.4. The molecule has 0 fully saturated rings. The molecule has 2 aromatic carbocycles. The van der Waals surface area contributed by atoms with Crippen LogP contribution in [0.4, 0.5) is 5.69 Å². The first-order valence-corrected chi connectivity index (χ1v) is 8.27. The lowest BCUT2D eigenvalue weighted by molar-refractivity contribution is -0.113. The van der Waals surface area contributed by atoms with Crippen LogP contribution in [0, 0.1) is 13.8 Å². The van der Waals surface area contributed by atoms with Crippen molar-refractivity contribution in [3.63, 3.8) is 0 Å². The van der Waals surface area contributed by atoms with Gasteiger partial charge in [-0.2, -0.15) is 0 Å². The Morgan fingerprint density at radius 2 is 2.00 bits per heavy atom. The van der Waals surface area contributed by atoms with Gasteiger partial charge in [-0.1, -0.05) is 47.5 Å². The summed E-state index contributed by atoms with van der Waals surface area (Å²) in [4.78, 5) is 11.9. The second-order valence-corrected chi connectivity index (χ2v) is 6.39. The van der Waals surface area contributed by atoms with Crippen LogP contribution in [0.5, 0.6) is 0 Å². The monoisotopic (exact) mass is 319 g/mol. The summed E-state index contributed by atoms with van der Waals surface area (Å²) in [5.74, 6) is 1.26. The van der Waals surface area contributed by atoms with Crippen molar-refractivity contribution < 1.29 is 4.79 Å². The van der Waals surface area contributed by atoms with Gasteiger partial charge in [0.2, 0.25) is 5.91 Å². The van der Waals surface area contributed by atoms with E-state index >= 15 is 0 Å². The van der Waals surface area contributed by atoms with Crippen molar-refractivity contribution >= 4 is 35.0 Å². The third-order valence-electron chi connectivity index (χ3n) is 3.04. The second kappa shape index (κ2) is 7.53. The summed E-state index contributed by atoms with van der Waals surface area (Å²) in [5.41, 5.74) is 4.23. The third kappa shape index (κ3) is 5.10. The molecule has 0 aliphatic heterocycles. The Bertz CT molecular complexity index is 642. The summed E-state index contributed by atoms with van der Waals surface area (Å²) >= 11 is 7.64. The zero-order chi connectivity index (χ0) is 15.2. The average molecular weight is 320 g/mol. The van der Waals surface area contributed by atoms with Crippen LogP contribution in [0.25, 0.3) is 0 Å². The quantitative estimate of drug-likeness (QED) is 0.855. The third-order valence-corrected chi connectivity index (χ3v) is 4.45. The molecule has 2 nitrogen and oxygen atoms in total. The topological polar surface area (TPSA) is 29.1 Å². The molecule has 0 unspecified atom stereocenters. The molecule has 0 aromatic heterocycles. The zero-order valence-electron chi connectivity index (χ0n) is 12.2. The van der Waals surface area contributed by atoms with E-state index in [4.69, 9.17) is 11.6 Å². The number of aryl methyl sites for hydroxylation is 2. The molecule has 0 heterocycles. The molecule has 110 valence electrons. The molecule has 2 rings (SSSR count). The number of amides is 1. The van der Waals surface area contributed by atoms with Gasteiger partial charge in [-0.3, -0.25) is 4.79 Å². The van der Waals surface area contributed by atoms with Crippen LogP contribution in [0.3, 0.4) is 0 Å². The fraction of sp³-hybridized carbons (Fsp3) is 0.235. The van der Waals surface area contributed by atoms with Gasteiger partial charge in [0.15, 0.2) is 0 Å². The van der Waals surface area contributed by atoms with Crippen molar-refractivity contribution in [1.82, 2.24) is 0 Å². The first-order chi connectivity index (χ1) is 10.0. The van der Waals surface area contributed by atoms with Crippen molar-refractivity contribution in [2.24, 2.45) is 0 Å². The van der Waals surface area contributed by atoms with Crippen LogP contribution in [-0.2, 0) is 10.5 Å². The first-order valence-electron chi connectivity index (χ1n) is 6.74. The van der Waals surface area contributed by atoms with E-state index in [2.05, 4.69) is 30.4 Å². The SMILES string of the molecule is Cc1cccc(CSCC(=O)Nc2ccc(C)c(Cl)c2)c1. The molecular formula is C17H18ClNOS. The van der Waals surface area contributed by atoms with E-state index in [0.717, 1.165) is 17.0 Å². The van der Waals surface area contributed by atoms with Gasteiger partial charge in [0.05, 0.1) is 5.75 Å². The Kier molecular flexibility index (Phi) is 5.71. The highest BCUT2D eigenvalue weighted by atomic mass is 35.5.